The Morgan fingerprint density at radius 2 is 1.63 bits per heavy atom. The summed E-state index contributed by atoms with van der Waals surface area (Å²) >= 11 is 0. The lowest BCUT2D eigenvalue weighted by Gasteiger charge is -2.14. The van der Waals surface area contributed by atoms with Crippen LogP contribution in [0.3, 0.4) is 0 Å². The van der Waals surface area contributed by atoms with E-state index >= 15 is 0 Å². The van der Waals surface area contributed by atoms with Crippen molar-refractivity contribution in [3.05, 3.63) is 71.9 Å². The molecule has 35 heavy (non-hydrogen) atoms. The summed E-state index contributed by atoms with van der Waals surface area (Å²) in [6.07, 6.45) is -7.15. The van der Waals surface area contributed by atoms with Gasteiger partial charge in [0.05, 0.1) is 28.9 Å². The SMILES string of the molecule is CCCOc1nc(Nc2ccc(C(F)(F)F)cc2)c2ccc(-c3ncccc3C(F)(F)F)cc2n1. The van der Waals surface area contributed by atoms with Crippen LogP contribution in [-0.2, 0) is 12.4 Å². The fraction of sp³-hybridized carbons (Fsp3) is 0.208. The molecule has 0 radical (unpaired) electrons. The van der Waals surface area contributed by atoms with Gasteiger partial charge in [0.1, 0.15) is 5.82 Å². The van der Waals surface area contributed by atoms with Gasteiger partial charge in [-0.25, -0.2) is 0 Å². The van der Waals surface area contributed by atoms with E-state index in [-0.39, 0.29) is 28.6 Å². The summed E-state index contributed by atoms with van der Waals surface area (Å²) in [5.74, 6) is 0.226. The number of nitrogens with zero attached hydrogens (tertiary/aromatic N) is 3. The molecule has 0 saturated heterocycles. The maximum Gasteiger partial charge on any atom is 0.418 e. The molecule has 2 aromatic heterocycles. The van der Waals surface area contributed by atoms with Crippen molar-refractivity contribution in [2.24, 2.45) is 0 Å². The standard InChI is InChI=1S/C24H18F6N4O/c1-2-12-35-22-33-19-13-14(20-18(24(28,29)30)4-3-11-31-20)5-10-17(19)21(34-22)32-16-8-6-15(7-9-16)23(25,26)27/h3-11,13H,2,12H2,1H3,(H,32,33,34). The van der Waals surface area contributed by atoms with Gasteiger partial charge in [0, 0.05) is 22.8 Å². The molecule has 1 N–H and O–H groups in total. The third-order valence-electron chi connectivity index (χ3n) is 4.97. The van der Waals surface area contributed by atoms with Gasteiger partial charge >= 0.3 is 18.4 Å². The van der Waals surface area contributed by atoms with Crippen molar-refractivity contribution in [3.63, 3.8) is 0 Å². The van der Waals surface area contributed by atoms with Crippen molar-refractivity contribution in [1.29, 1.82) is 0 Å². The number of fused-ring (bicyclic) bond motifs is 1. The number of nitrogens with one attached hydrogen (secondary N) is 1. The molecule has 0 spiro atoms. The number of ether oxygens (including phenoxy) is 1. The number of hydrogen-bond acceptors (Lipinski definition) is 5. The molecule has 11 heteroatoms. The third kappa shape index (κ3) is 5.44. The van der Waals surface area contributed by atoms with E-state index < -0.39 is 23.5 Å². The van der Waals surface area contributed by atoms with E-state index in [9.17, 15) is 26.3 Å². The molecule has 4 rings (SSSR count). The van der Waals surface area contributed by atoms with Crippen molar-refractivity contribution < 1.29 is 31.1 Å². The molecule has 182 valence electrons. The van der Waals surface area contributed by atoms with Crippen LogP contribution >= 0.6 is 0 Å². The molecular formula is C24H18F6N4O. The molecule has 0 aliphatic heterocycles. The molecule has 2 aromatic carbocycles. The van der Waals surface area contributed by atoms with Crippen LogP contribution in [0, 0.1) is 0 Å². The van der Waals surface area contributed by atoms with Crippen LogP contribution in [0.1, 0.15) is 24.5 Å². The van der Waals surface area contributed by atoms with Crippen LogP contribution in [0.15, 0.2) is 60.8 Å². The van der Waals surface area contributed by atoms with Crippen molar-refractivity contribution >= 4 is 22.4 Å². The lowest BCUT2D eigenvalue weighted by Crippen LogP contribution is -2.08. The molecule has 0 amide bonds. The molecule has 0 bridgehead atoms. The molecule has 2 heterocycles. The molecular weight excluding hydrogens is 474 g/mol. The average molecular weight is 492 g/mol. The first-order valence-electron chi connectivity index (χ1n) is 10.5. The van der Waals surface area contributed by atoms with Crippen LogP contribution in [-0.4, -0.2) is 21.6 Å². The third-order valence-corrected chi connectivity index (χ3v) is 4.97. The second-order valence-corrected chi connectivity index (χ2v) is 7.53. The zero-order valence-corrected chi connectivity index (χ0v) is 18.2. The number of rotatable bonds is 6. The zero-order valence-electron chi connectivity index (χ0n) is 18.2. The second kappa shape index (κ2) is 9.40. The van der Waals surface area contributed by atoms with Crippen LogP contribution in [0.25, 0.3) is 22.2 Å². The van der Waals surface area contributed by atoms with Crippen molar-refractivity contribution in [2.45, 2.75) is 25.7 Å². The highest BCUT2D eigenvalue weighted by molar-refractivity contribution is 5.93. The van der Waals surface area contributed by atoms with Gasteiger partial charge in [-0.15, -0.1) is 0 Å². The Morgan fingerprint density at radius 1 is 0.886 bits per heavy atom. The normalized spacial score (nSPS) is 12.1. The van der Waals surface area contributed by atoms with Crippen LogP contribution in [0.4, 0.5) is 37.8 Å². The lowest BCUT2D eigenvalue weighted by molar-refractivity contribution is -0.138. The fourth-order valence-corrected chi connectivity index (χ4v) is 3.35. The highest BCUT2D eigenvalue weighted by Crippen LogP contribution is 2.37. The molecule has 0 saturated carbocycles. The molecule has 5 nitrogen and oxygen atoms in total. The van der Waals surface area contributed by atoms with E-state index in [4.69, 9.17) is 4.74 Å². The van der Waals surface area contributed by atoms with Gasteiger partial charge in [-0.2, -0.15) is 36.3 Å². The van der Waals surface area contributed by atoms with Gasteiger partial charge < -0.3 is 10.1 Å². The Labute approximate surface area is 195 Å². The molecule has 0 atom stereocenters. The minimum Gasteiger partial charge on any atom is -0.463 e. The van der Waals surface area contributed by atoms with Crippen LogP contribution in [0.2, 0.25) is 0 Å². The van der Waals surface area contributed by atoms with Crippen LogP contribution in [0.5, 0.6) is 6.01 Å². The number of hydrogen-bond donors (Lipinski definition) is 1. The lowest BCUT2D eigenvalue weighted by atomic mass is 10.0. The summed E-state index contributed by atoms with van der Waals surface area (Å²) in [7, 11) is 0. The molecule has 0 fully saturated rings. The first-order chi connectivity index (χ1) is 16.6. The first-order valence-corrected chi connectivity index (χ1v) is 10.5. The quantitative estimate of drug-likeness (QED) is 0.287. The maximum atomic E-state index is 13.5. The Morgan fingerprint density at radius 3 is 2.29 bits per heavy atom. The number of alkyl halides is 6. The van der Waals surface area contributed by atoms with E-state index in [1.54, 1.807) is 0 Å². The second-order valence-electron chi connectivity index (χ2n) is 7.53. The van der Waals surface area contributed by atoms with Gasteiger partial charge in [-0.3, -0.25) is 4.98 Å². The zero-order chi connectivity index (χ0) is 25.2. The maximum absolute atomic E-state index is 13.5. The fourth-order valence-electron chi connectivity index (χ4n) is 3.35. The van der Waals surface area contributed by atoms with Crippen molar-refractivity contribution in [2.75, 3.05) is 11.9 Å². The highest BCUT2D eigenvalue weighted by Gasteiger charge is 2.34. The minimum absolute atomic E-state index is 0.0250. The summed E-state index contributed by atoms with van der Waals surface area (Å²) in [6.45, 7) is 2.17. The van der Waals surface area contributed by atoms with Gasteiger partial charge in [0.25, 0.3) is 0 Å². The highest BCUT2D eigenvalue weighted by atomic mass is 19.4. The summed E-state index contributed by atoms with van der Waals surface area (Å²) in [4.78, 5) is 12.5. The largest absolute Gasteiger partial charge is 0.463 e. The summed E-state index contributed by atoms with van der Waals surface area (Å²) in [5, 5.41) is 3.38. The van der Waals surface area contributed by atoms with Crippen LogP contribution < -0.4 is 10.1 Å². The van der Waals surface area contributed by atoms with Crippen molar-refractivity contribution in [3.8, 4) is 17.3 Å². The predicted octanol–water partition coefficient (Wildman–Crippen LogP) is 7.26. The number of benzene rings is 2. The number of halogens is 6. The van der Waals surface area contributed by atoms with E-state index in [1.807, 2.05) is 6.92 Å². The molecule has 0 unspecified atom stereocenters. The van der Waals surface area contributed by atoms with Crippen molar-refractivity contribution in [1.82, 2.24) is 15.0 Å². The summed E-state index contributed by atoms with van der Waals surface area (Å²) in [6, 6.07) is 10.9. The number of aromatic nitrogens is 3. The molecule has 4 aromatic rings. The number of anilines is 2. The monoisotopic (exact) mass is 492 g/mol. The first kappa shape index (κ1) is 24.2. The van der Waals surface area contributed by atoms with Gasteiger partial charge in [-0.05, 0) is 55.0 Å². The topological polar surface area (TPSA) is 59.9 Å². The Hall–Kier alpha value is -3.89. The minimum atomic E-state index is -4.60. The Kier molecular flexibility index (Phi) is 6.51. The summed E-state index contributed by atoms with van der Waals surface area (Å²) < 4.78 is 84.6. The van der Waals surface area contributed by atoms with E-state index in [0.29, 0.717) is 24.1 Å². The smallest absolute Gasteiger partial charge is 0.418 e. The van der Waals surface area contributed by atoms with E-state index in [1.165, 1.54) is 42.6 Å². The van der Waals surface area contributed by atoms with Gasteiger partial charge in [0.2, 0.25) is 0 Å². The summed E-state index contributed by atoms with van der Waals surface area (Å²) in [5.41, 5.74) is -1.16. The Balaban J connectivity index is 1.78. The predicted molar refractivity (Wildman–Crippen MR) is 118 cm³/mol. The average Bonchev–Trinajstić information content (AvgIpc) is 2.81. The van der Waals surface area contributed by atoms with Gasteiger partial charge in [-0.1, -0.05) is 13.0 Å². The number of pyridine rings is 1. The van der Waals surface area contributed by atoms with E-state index in [0.717, 1.165) is 18.2 Å². The molecule has 0 aliphatic carbocycles. The molecule has 0 aliphatic rings. The van der Waals surface area contributed by atoms with E-state index in [2.05, 4.69) is 20.3 Å². The van der Waals surface area contributed by atoms with Gasteiger partial charge in [0.15, 0.2) is 0 Å². The Bertz CT molecular complexity index is 1340.